The Labute approximate surface area is 131 Å². The van der Waals surface area contributed by atoms with Gasteiger partial charge in [-0.3, -0.25) is 14.9 Å². The molecule has 0 saturated heterocycles. The number of nitrogens with one attached hydrogen (secondary N) is 1. The molecule has 0 spiro atoms. The van der Waals surface area contributed by atoms with E-state index in [-0.39, 0.29) is 29.4 Å². The molecule has 0 atom stereocenters. The Hall–Kier alpha value is -2.60. The smallest absolute Gasteiger partial charge is 0.283 e. The van der Waals surface area contributed by atoms with Gasteiger partial charge in [-0.1, -0.05) is 29.8 Å². The molecule has 0 saturated carbocycles. The number of nitro groups is 1. The van der Waals surface area contributed by atoms with Gasteiger partial charge in [0, 0.05) is 11.1 Å². The number of rotatable bonds is 6. The quantitative estimate of drug-likeness (QED) is 0.504. The molecular formula is C15H13ClN2O4. The largest absolute Gasteiger partial charge is 0.492 e. The van der Waals surface area contributed by atoms with Crippen molar-refractivity contribution in [3.63, 3.8) is 0 Å². The van der Waals surface area contributed by atoms with Crippen LogP contribution in [0.15, 0.2) is 48.5 Å². The second-order valence-corrected chi connectivity index (χ2v) is 4.77. The Morgan fingerprint density at radius 1 is 1.23 bits per heavy atom. The van der Waals surface area contributed by atoms with Crippen LogP contribution < -0.4 is 10.1 Å². The van der Waals surface area contributed by atoms with E-state index in [0.29, 0.717) is 5.75 Å². The van der Waals surface area contributed by atoms with Crippen LogP contribution in [0.25, 0.3) is 0 Å². The van der Waals surface area contributed by atoms with E-state index in [1.807, 2.05) is 18.2 Å². The molecule has 0 heterocycles. The van der Waals surface area contributed by atoms with E-state index in [0.717, 1.165) is 6.07 Å². The molecule has 0 unspecified atom stereocenters. The van der Waals surface area contributed by atoms with Crippen LogP contribution in [0, 0.1) is 10.1 Å². The van der Waals surface area contributed by atoms with Gasteiger partial charge in [0.15, 0.2) is 0 Å². The van der Waals surface area contributed by atoms with Crippen molar-refractivity contribution in [2.45, 2.75) is 0 Å². The number of amides is 1. The highest BCUT2D eigenvalue weighted by molar-refractivity contribution is 6.31. The van der Waals surface area contributed by atoms with E-state index in [9.17, 15) is 14.9 Å². The Bertz CT molecular complexity index is 676. The van der Waals surface area contributed by atoms with Gasteiger partial charge < -0.3 is 10.1 Å². The highest BCUT2D eigenvalue weighted by atomic mass is 35.5. The SMILES string of the molecule is O=C(NCCOc1ccccc1)c1ccc(Cl)cc1[N+](=O)[O-]. The Kier molecular flexibility index (Phi) is 5.32. The highest BCUT2D eigenvalue weighted by Gasteiger charge is 2.20. The third-order valence-corrected chi connectivity index (χ3v) is 3.04. The molecule has 7 heteroatoms. The van der Waals surface area contributed by atoms with Gasteiger partial charge >= 0.3 is 0 Å². The summed E-state index contributed by atoms with van der Waals surface area (Å²) in [5.74, 6) is 0.147. The summed E-state index contributed by atoms with van der Waals surface area (Å²) in [5.41, 5.74) is -0.358. The van der Waals surface area contributed by atoms with Crippen LogP contribution in [0.2, 0.25) is 5.02 Å². The fraction of sp³-hybridized carbons (Fsp3) is 0.133. The number of hydrogen-bond donors (Lipinski definition) is 1. The predicted molar refractivity (Wildman–Crippen MR) is 82.4 cm³/mol. The molecule has 22 heavy (non-hydrogen) atoms. The molecule has 2 aromatic carbocycles. The summed E-state index contributed by atoms with van der Waals surface area (Å²) in [7, 11) is 0. The first-order valence-electron chi connectivity index (χ1n) is 6.48. The fourth-order valence-corrected chi connectivity index (χ4v) is 1.96. The average Bonchev–Trinajstić information content (AvgIpc) is 2.52. The molecule has 6 nitrogen and oxygen atoms in total. The maximum Gasteiger partial charge on any atom is 0.283 e. The van der Waals surface area contributed by atoms with E-state index in [4.69, 9.17) is 16.3 Å². The van der Waals surface area contributed by atoms with Crippen LogP contribution in [-0.4, -0.2) is 24.0 Å². The molecule has 1 N–H and O–H groups in total. The second kappa shape index (κ2) is 7.42. The van der Waals surface area contributed by atoms with E-state index in [1.165, 1.54) is 12.1 Å². The Morgan fingerprint density at radius 3 is 2.64 bits per heavy atom. The summed E-state index contributed by atoms with van der Waals surface area (Å²) in [6, 6.07) is 13.1. The number of nitrogens with zero attached hydrogens (tertiary/aromatic N) is 1. The van der Waals surface area contributed by atoms with Crippen molar-refractivity contribution in [1.82, 2.24) is 5.32 Å². The summed E-state index contributed by atoms with van der Waals surface area (Å²) in [6.45, 7) is 0.491. The standard InChI is InChI=1S/C15H13ClN2O4/c16-11-6-7-13(14(10-11)18(20)21)15(19)17-8-9-22-12-4-2-1-3-5-12/h1-7,10H,8-9H2,(H,17,19). The molecule has 0 bridgehead atoms. The molecule has 2 rings (SSSR count). The lowest BCUT2D eigenvalue weighted by molar-refractivity contribution is -0.385. The number of benzene rings is 2. The predicted octanol–water partition coefficient (Wildman–Crippen LogP) is 3.06. The van der Waals surface area contributed by atoms with Crippen molar-refractivity contribution in [2.24, 2.45) is 0 Å². The Balaban J connectivity index is 1.91. The summed E-state index contributed by atoms with van der Waals surface area (Å²) >= 11 is 5.70. The fourth-order valence-electron chi connectivity index (χ4n) is 1.79. The molecule has 0 aliphatic carbocycles. The number of hydrogen-bond acceptors (Lipinski definition) is 4. The van der Waals surface area contributed by atoms with Crippen LogP contribution in [-0.2, 0) is 0 Å². The number of para-hydroxylation sites is 1. The lowest BCUT2D eigenvalue weighted by atomic mass is 10.1. The molecule has 114 valence electrons. The molecule has 0 aliphatic heterocycles. The molecule has 0 radical (unpaired) electrons. The van der Waals surface area contributed by atoms with Crippen LogP contribution in [0.1, 0.15) is 10.4 Å². The minimum absolute atomic E-state index is 0.0332. The zero-order chi connectivity index (χ0) is 15.9. The van der Waals surface area contributed by atoms with Crippen molar-refractivity contribution in [3.8, 4) is 5.75 Å². The van der Waals surface area contributed by atoms with Gasteiger partial charge in [0.1, 0.15) is 17.9 Å². The van der Waals surface area contributed by atoms with E-state index in [1.54, 1.807) is 12.1 Å². The first kappa shape index (κ1) is 15.8. The third kappa shape index (κ3) is 4.20. The highest BCUT2D eigenvalue weighted by Crippen LogP contribution is 2.23. The summed E-state index contributed by atoms with van der Waals surface area (Å²) in [4.78, 5) is 22.3. The van der Waals surface area contributed by atoms with Crippen LogP contribution >= 0.6 is 11.6 Å². The van der Waals surface area contributed by atoms with Crippen molar-refractivity contribution < 1.29 is 14.5 Å². The summed E-state index contributed by atoms with van der Waals surface area (Å²) in [5, 5.41) is 13.7. The van der Waals surface area contributed by atoms with Gasteiger partial charge in [-0.25, -0.2) is 0 Å². The molecule has 0 aromatic heterocycles. The van der Waals surface area contributed by atoms with Gasteiger partial charge in [0.25, 0.3) is 11.6 Å². The number of carbonyl (C=O) groups is 1. The van der Waals surface area contributed by atoms with E-state index < -0.39 is 10.8 Å². The minimum atomic E-state index is -0.638. The normalized spacial score (nSPS) is 10.0. The van der Waals surface area contributed by atoms with E-state index >= 15 is 0 Å². The van der Waals surface area contributed by atoms with Crippen molar-refractivity contribution in [1.29, 1.82) is 0 Å². The molecule has 0 aliphatic rings. The topological polar surface area (TPSA) is 81.5 Å². The molecule has 1 amide bonds. The van der Waals surface area contributed by atoms with Crippen molar-refractivity contribution in [3.05, 3.63) is 69.2 Å². The van der Waals surface area contributed by atoms with Crippen molar-refractivity contribution in [2.75, 3.05) is 13.2 Å². The molecular weight excluding hydrogens is 308 g/mol. The Morgan fingerprint density at radius 2 is 1.95 bits per heavy atom. The number of halogens is 1. The molecule has 0 fully saturated rings. The van der Waals surface area contributed by atoms with Crippen LogP contribution in [0.3, 0.4) is 0 Å². The number of ether oxygens (including phenoxy) is 1. The number of nitro benzene ring substituents is 1. The van der Waals surface area contributed by atoms with Gasteiger partial charge in [-0.05, 0) is 24.3 Å². The summed E-state index contributed by atoms with van der Waals surface area (Å²) in [6.07, 6.45) is 0. The third-order valence-electron chi connectivity index (χ3n) is 2.80. The van der Waals surface area contributed by atoms with Gasteiger partial charge in [0.2, 0.25) is 0 Å². The van der Waals surface area contributed by atoms with Crippen LogP contribution in [0.4, 0.5) is 5.69 Å². The van der Waals surface area contributed by atoms with E-state index in [2.05, 4.69) is 5.32 Å². The summed E-state index contributed by atoms with van der Waals surface area (Å²) < 4.78 is 5.42. The van der Waals surface area contributed by atoms with Gasteiger partial charge in [-0.15, -0.1) is 0 Å². The van der Waals surface area contributed by atoms with Gasteiger partial charge in [-0.2, -0.15) is 0 Å². The maximum atomic E-state index is 12.0. The first-order valence-corrected chi connectivity index (χ1v) is 6.85. The number of carbonyl (C=O) groups excluding carboxylic acids is 1. The molecule has 2 aromatic rings. The van der Waals surface area contributed by atoms with Crippen LogP contribution in [0.5, 0.6) is 5.75 Å². The minimum Gasteiger partial charge on any atom is -0.492 e. The van der Waals surface area contributed by atoms with Gasteiger partial charge in [0.05, 0.1) is 11.5 Å². The zero-order valence-corrected chi connectivity index (χ0v) is 12.2. The second-order valence-electron chi connectivity index (χ2n) is 4.34. The zero-order valence-electron chi connectivity index (χ0n) is 11.5. The lowest BCUT2D eigenvalue weighted by Crippen LogP contribution is -2.28. The average molecular weight is 321 g/mol. The maximum absolute atomic E-state index is 12.0. The first-order chi connectivity index (χ1) is 10.6. The van der Waals surface area contributed by atoms with Crippen molar-refractivity contribution >= 4 is 23.2 Å². The lowest BCUT2D eigenvalue weighted by Gasteiger charge is -2.08. The monoisotopic (exact) mass is 320 g/mol.